The number of fused-ring (bicyclic) bond motifs is 3. The molecule has 0 saturated carbocycles. The van der Waals surface area contributed by atoms with E-state index in [2.05, 4.69) is 4.98 Å². The summed E-state index contributed by atoms with van der Waals surface area (Å²) in [5, 5.41) is 10.8. The van der Waals surface area contributed by atoms with Gasteiger partial charge in [0.1, 0.15) is 0 Å². The lowest BCUT2D eigenvalue weighted by molar-refractivity contribution is -0.384. The van der Waals surface area contributed by atoms with Gasteiger partial charge in [-0.1, -0.05) is 12.1 Å². The number of esters is 1. The highest BCUT2D eigenvalue weighted by molar-refractivity contribution is 6.07. The van der Waals surface area contributed by atoms with Gasteiger partial charge in [-0.3, -0.25) is 19.3 Å². The Balaban J connectivity index is 1.78. The topological polar surface area (TPSA) is 109 Å². The maximum Gasteiger partial charge on any atom is 0.357 e. The van der Waals surface area contributed by atoms with Crippen molar-refractivity contribution >= 4 is 40.3 Å². The first-order chi connectivity index (χ1) is 14.9. The molecule has 9 nitrogen and oxygen atoms in total. The summed E-state index contributed by atoms with van der Waals surface area (Å²) in [7, 11) is 1.84. The summed E-state index contributed by atoms with van der Waals surface area (Å²) in [6.07, 6.45) is 2.74. The minimum Gasteiger partial charge on any atom is -0.461 e. The number of ketones is 1. The molecule has 0 saturated heterocycles. The van der Waals surface area contributed by atoms with Gasteiger partial charge < -0.3 is 9.30 Å². The normalized spacial score (nSPS) is 11.4. The van der Waals surface area contributed by atoms with Crippen LogP contribution in [-0.2, 0) is 11.8 Å². The average molecular weight is 418 g/mol. The Hall–Kier alpha value is -4.27. The molecule has 0 spiro atoms. The Morgan fingerprint density at radius 1 is 1.13 bits per heavy atom. The number of ether oxygens (including phenoxy) is 1. The lowest BCUT2D eigenvalue weighted by Gasteiger charge is -2.02. The zero-order chi connectivity index (χ0) is 22.1. The van der Waals surface area contributed by atoms with Crippen LogP contribution in [0.15, 0.2) is 54.6 Å². The highest BCUT2D eigenvalue weighted by Crippen LogP contribution is 2.25. The number of hydrogen-bond acceptors (Lipinski definition) is 6. The van der Waals surface area contributed by atoms with Crippen LogP contribution in [0.5, 0.6) is 0 Å². The number of nitro benzene ring substituents is 1. The number of imidazole rings is 2. The molecule has 2 aromatic heterocycles. The van der Waals surface area contributed by atoms with E-state index in [0.717, 1.165) is 11.0 Å². The number of benzene rings is 2. The van der Waals surface area contributed by atoms with Gasteiger partial charge in [-0.05, 0) is 43.3 Å². The van der Waals surface area contributed by atoms with Gasteiger partial charge in [0.2, 0.25) is 5.78 Å². The highest BCUT2D eigenvalue weighted by Gasteiger charge is 2.23. The van der Waals surface area contributed by atoms with E-state index < -0.39 is 10.9 Å². The zero-order valence-electron chi connectivity index (χ0n) is 16.8. The fourth-order valence-electron chi connectivity index (χ4n) is 3.43. The Bertz CT molecular complexity index is 1360. The Kier molecular flexibility index (Phi) is 5.08. The van der Waals surface area contributed by atoms with Gasteiger partial charge >= 0.3 is 5.97 Å². The fourth-order valence-corrected chi connectivity index (χ4v) is 3.43. The lowest BCUT2D eigenvalue weighted by atomic mass is 10.1. The van der Waals surface area contributed by atoms with E-state index in [1.165, 1.54) is 36.4 Å². The number of para-hydroxylation sites is 2. The number of carbonyl (C=O) groups excluding carboxylic acids is 2. The van der Waals surface area contributed by atoms with E-state index in [4.69, 9.17) is 4.74 Å². The second kappa shape index (κ2) is 7.86. The zero-order valence-corrected chi connectivity index (χ0v) is 16.8. The summed E-state index contributed by atoms with van der Waals surface area (Å²) in [6, 6.07) is 12.9. The van der Waals surface area contributed by atoms with E-state index >= 15 is 0 Å². The molecular formula is C22H18N4O5. The van der Waals surface area contributed by atoms with E-state index in [0.29, 0.717) is 11.5 Å². The van der Waals surface area contributed by atoms with Crippen molar-refractivity contribution < 1.29 is 19.2 Å². The van der Waals surface area contributed by atoms with Crippen LogP contribution in [0.25, 0.3) is 22.9 Å². The van der Waals surface area contributed by atoms with Gasteiger partial charge in [-0.15, -0.1) is 0 Å². The molecule has 156 valence electrons. The molecule has 0 fully saturated rings. The van der Waals surface area contributed by atoms with Crippen LogP contribution in [0.2, 0.25) is 0 Å². The summed E-state index contributed by atoms with van der Waals surface area (Å²) in [5.74, 6) is -0.382. The maximum absolute atomic E-state index is 12.7. The van der Waals surface area contributed by atoms with Crippen LogP contribution in [0.4, 0.5) is 5.69 Å². The average Bonchev–Trinajstić information content (AvgIpc) is 3.28. The third kappa shape index (κ3) is 3.46. The first kappa shape index (κ1) is 20.0. The van der Waals surface area contributed by atoms with Crippen molar-refractivity contribution in [3.63, 3.8) is 0 Å². The van der Waals surface area contributed by atoms with Crippen molar-refractivity contribution in [2.45, 2.75) is 6.92 Å². The van der Waals surface area contributed by atoms with Gasteiger partial charge in [0.25, 0.3) is 5.69 Å². The van der Waals surface area contributed by atoms with Crippen molar-refractivity contribution in [2.75, 3.05) is 6.61 Å². The van der Waals surface area contributed by atoms with Gasteiger partial charge in [-0.2, -0.15) is 0 Å². The van der Waals surface area contributed by atoms with E-state index in [-0.39, 0.29) is 29.3 Å². The summed E-state index contributed by atoms with van der Waals surface area (Å²) in [4.78, 5) is 40.1. The van der Waals surface area contributed by atoms with Crippen LogP contribution in [0.1, 0.15) is 33.5 Å². The number of non-ortho nitro benzene ring substituents is 1. The van der Waals surface area contributed by atoms with Crippen molar-refractivity contribution in [1.29, 1.82) is 0 Å². The Morgan fingerprint density at radius 2 is 1.81 bits per heavy atom. The molecule has 0 aliphatic rings. The molecule has 4 aromatic rings. The van der Waals surface area contributed by atoms with Crippen LogP contribution < -0.4 is 0 Å². The molecular weight excluding hydrogens is 400 g/mol. The molecule has 0 amide bonds. The predicted molar refractivity (Wildman–Crippen MR) is 114 cm³/mol. The number of allylic oxidation sites excluding steroid dienone is 1. The molecule has 0 aliphatic carbocycles. The number of aromatic nitrogens is 3. The first-order valence-corrected chi connectivity index (χ1v) is 9.52. The minimum absolute atomic E-state index is 0.0997. The smallest absolute Gasteiger partial charge is 0.357 e. The standard InChI is InChI=1S/C22H18N4O5/c1-3-31-21(28)20-16(12-13-19(27)14-8-10-15(11-9-14)26(29)30)23-22-24(2)17-6-4-5-7-18(17)25(20)22/h4-13H,3H2,1-2H3/b13-12+. The molecule has 0 atom stereocenters. The summed E-state index contributed by atoms with van der Waals surface area (Å²) >= 11 is 0. The molecule has 0 aliphatic heterocycles. The molecule has 0 radical (unpaired) electrons. The van der Waals surface area contributed by atoms with Gasteiger partial charge in [0.15, 0.2) is 11.5 Å². The molecule has 31 heavy (non-hydrogen) atoms. The highest BCUT2D eigenvalue weighted by atomic mass is 16.6. The molecule has 0 unspecified atom stereocenters. The van der Waals surface area contributed by atoms with Crippen molar-refractivity contribution in [2.24, 2.45) is 7.05 Å². The van der Waals surface area contributed by atoms with Crippen LogP contribution in [0.3, 0.4) is 0 Å². The van der Waals surface area contributed by atoms with Crippen molar-refractivity contribution in [1.82, 2.24) is 14.0 Å². The van der Waals surface area contributed by atoms with E-state index in [1.54, 1.807) is 11.3 Å². The van der Waals surface area contributed by atoms with Crippen LogP contribution in [-0.4, -0.2) is 37.2 Å². The minimum atomic E-state index is -0.547. The molecule has 9 heteroatoms. The molecule has 0 bridgehead atoms. The molecule has 4 rings (SSSR count). The third-order valence-corrected chi connectivity index (χ3v) is 4.89. The van der Waals surface area contributed by atoms with E-state index in [1.807, 2.05) is 35.9 Å². The monoisotopic (exact) mass is 418 g/mol. The molecule has 2 aromatic carbocycles. The maximum atomic E-state index is 12.7. The second-order valence-electron chi connectivity index (χ2n) is 6.75. The number of nitrogens with zero attached hydrogens (tertiary/aromatic N) is 4. The largest absolute Gasteiger partial charge is 0.461 e. The third-order valence-electron chi connectivity index (χ3n) is 4.89. The van der Waals surface area contributed by atoms with Gasteiger partial charge in [0, 0.05) is 24.7 Å². The quantitative estimate of drug-likeness (QED) is 0.155. The molecule has 0 N–H and O–H groups in total. The number of nitro groups is 1. The number of aryl methyl sites for hydroxylation is 1. The number of hydrogen-bond donors (Lipinski definition) is 0. The lowest BCUT2D eigenvalue weighted by Crippen LogP contribution is -2.09. The molecule has 2 heterocycles. The summed E-state index contributed by atoms with van der Waals surface area (Å²) < 4.78 is 8.79. The van der Waals surface area contributed by atoms with Gasteiger partial charge in [0.05, 0.1) is 28.3 Å². The SMILES string of the molecule is CCOC(=O)c1c(/C=C/C(=O)c2ccc([N+](=O)[O-])cc2)nc2n(C)c3ccccc3n12. The fraction of sp³-hybridized carbons (Fsp3) is 0.136. The van der Waals surface area contributed by atoms with Gasteiger partial charge in [-0.25, -0.2) is 9.78 Å². The Labute approximate surface area is 176 Å². The number of carbonyl (C=O) groups is 2. The van der Waals surface area contributed by atoms with Crippen LogP contribution >= 0.6 is 0 Å². The van der Waals surface area contributed by atoms with Crippen molar-refractivity contribution in [3.8, 4) is 0 Å². The summed E-state index contributed by atoms with van der Waals surface area (Å²) in [6.45, 7) is 1.91. The Morgan fingerprint density at radius 3 is 2.45 bits per heavy atom. The predicted octanol–water partition coefficient (Wildman–Crippen LogP) is 3.81. The first-order valence-electron chi connectivity index (χ1n) is 9.52. The van der Waals surface area contributed by atoms with E-state index in [9.17, 15) is 19.7 Å². The second-order valence-corrected chi connectivity index (χ2v) is 6.75. The number of rotatable bonds is 6. The summed E-state index contributed by atoms with van der Waals surface area (Å²) in [5.41, 5.74) is 2.39. The van der Waals surface area contributed by atoms with Crippen molar-refractivity contribution in [3.05, 3.63) is 81.7 Å². The van der Waals surface area contributed by atoms with Crippen LogP contribution in [0, 0.1) is 10.1 Å².